The minimum absolute atomic E-state index is 0.140. The lowest BCUT2D eigenvalue weighted by molar-refractivity contribution is 0.0842. The fourth-order valence-electron chi connectivity index (χ4n) is 4.48. The summed E-state index contributed by atoms with van der Waals surface area (Å²) in [6.07, 6.45) is 15.6. The molecule has 1 fully saturated rings. The summed E-state index contributed by atoms with van der Waals surface area (Å²) in [6, 6.07) is 5.20. The highest BCUT2D eigenvalue weighted by atomic mass is 19.1. The molecule has 5 rings (SSSR count). The quantitative estimate of drug-likeness (QED) is 0.726. The lowest BCUT2D eigenvalue weighted by Gasteiger charge is -2.36. The number of rotatable bonds is 6. The molecule has 1 aromatic heterocycles. The van der Waals surface area contributed by atoms with Gasteiger partial charge in [-0.1, -0.05) is 24.3 Å². The third-order valence-corrected chi connectivity index (χ3v) is 6.24. The van der Waals surface area contributed by atoms with E-state index in [9.17, 15) is 4.39 Å². The first-order valence-corrected chi connectivity index (χ1v) is 11.1. The Hall–Kier alpha value is -2.99. The molecule has 31 heavy (non-hydrogen) atoms. The number of allylic oxidation sites excluding steroid dienone is 4. The van der Waals surface area contributed by atoms with Crippen molar-refractivity contribution < 1.29 is 13.9 Å². The number of nitrogens with one attached hydrogen (secondary N) is 1. The van der Waals surface area contributed by atoms with Crippen LogP contribution >= 0.6 is 0 Å². The number of benzene rings is 1. The number of ether oxygens (including phenoxy) is 2. The second-order valence-corrected chi connectivity index (χ2v) is 8.24. The van der Waals surface area contributed by atoms with Gasteiger partial charge in [0.05, 0.1) is 0 Å². The number of H-pyrrole nitrogens is 1. The Kier molecular flexibility index (Phi) is 5.80. The van der Waals surface area contributed by atoms with E-state index >= 15 is 0 Å². The van der Waals surface area contributed by atoms with Crippen LogP contribution in [0.15, 0.2) is 72.4 Å². The molecule has 162 valence electrons. The van der Waals surface area contributed by atoms with Crippen molar-refractivity contribution >= 4 is 10.9 Å². The Morgan fingerprint density at radius 2 is 1.97 bits per heavy atom. The molecule has 1 N–H and O–H groups in total. The highest BCUT2D eigenvalue weighted by Gasteiger charge is 2.22. The number of hydrogen-bond acceptors (Lipinski definition) is 4. The van der Waals surface area contributed by atoms with Crippen LogP contribution < -0.4 is 0 Å². The minimum Gasteiger partial charge on any atom is -0.456 e. The van der Waals surface area contributed by atoms with E-state index in [1.54, 1.807) is 18.6 Å². The van der Waals surface area contributed by atoms with Crippen molar-refractivity contribution in [2.24, 2.45) is 0 Å². The molecule has 3 aliphatic rings. The third kappa shape index (κ3) is 4.39. The molecule has 1 aromatic carbocycles. The van der Waals surface area contributed by atoms with E-state index in [0.717, 1.165) is 86.5 Å². The normalized spacial score (nSPS) is 19.5. The SMILES string of the molecule is Fc1cccc2[nH]cc(CCCN3CCN(C4=COC(C5=CC=CCC5)=CO4)CC3)c12. The Balaban J connectivity index is 1.08. The predicted molar refractivity (Wildman–Crippen MR) is 119 cm³/mol. The smallest absolute Gasteiger partial charge is 0.231 e. The highest BCUT2D eigenvalue weighted by Crippen LogP contribution is 2.27. The average molecular weight is 422 g/mol. The second kappa shape index (κ2) is 9.02. The van der Waals surface area contributed by atoms with Crippen molar-refractivity contribution in [3.63, 3.8) is 0 Å². The molecule has 2 aliphatic heterocycles. The lowest BCUT2D eigenvalue weighted by atomic mass is 10.0. The van der Waals surface area contributed by atoms with Crippen molar-refractivity contribution in [2.45, 2.75) is 25.7 Å². The Morgan fingerprint density at radius 1 is 1.06 bits per heavy atom. The highest BCUT2D eigenvalue weighted by molar-refractivity contribution is 5.83. The topological polar surface area (TPSA) is 40.7 Å². The molecular weight excluding hydrogens is 393 g/mol. The van der Waals surface area contributed by atoms with Crippen LogP contribution in [0.5, 0.6) is 0 Å². The van der Waals surface area contributed by atoms with Crippen LogP contribution in [0.2, 0.25) is 0 Å². The molecule has 0 atom stereocenters. The first-order valence-electron chi connectivity index (χ1n) is 11.1. The van der Waals surface area contributed by atoms with E-state index in [0.29, 0.717) is 0 Å². The maximum Gasteiger partial charge on any atom is 0.231 e. The zero-order valence-electron chi connectivity index (χ0n) is 17.6. The molecule has 0 spiro atoms. The number of fused-ring (bicyclic) bond motifs is 1. The van der Waals surface area contributed by atoms with Crippen LogP contribution in [-0.2, 0) is 15.9 Å². The molecule has 6 heteroatoms. The van der Waals surface area contributed by atoms with Gasteiger partial charge in [0.15, 0.2) is 12.0 Å². The van der Waals surface area contributed by atoms with Gasteiger partial charge >= 0.3 is 0 Å². The molecule has 1 saturated heterocycles. The van der Waals surface area contributed by atoms with Gasteiger partial charge in [-0.3, -0.25) is 4.90 Å². The number of nitrogens with zero attached hydrogens (tertiary/aromatic N) is 2. The summed E-state index contributed by atoms with van der Waals surface area (Å²) in [6.45, 7) is 4.79. The maximum absolute atomic E-state index is 14.1. The van der Waals surface area contributed by atoms with Crippen LogP contribution in [-0.4, -0.2) is 47.5 Å². The standard InChI is InChI=1S/C25H28FN3O2/c26-21-9-4-10-22-25(21)20(16-27-22)8-5-11-28-12-14-29(15-13-28)24-18-30-23(17-31-24)19-6-2-1-3-7-19/h1-2,4,6,9-10,16-18,27H,3,5,7-8,11-15H2. The van der Waals surface area contributed by atoms with Crippen LogP contribution in [0.4, 0.5) is 4.39 Å². The van der Waals surface area contributed by atoms with Gasteiger partial charge in [0.2, 0.25) is 5.88 Å². The molecule has 1 aliphatic carbocycles. The van der Waals surface area contributed by atoms with Crippen LogP contribution in [0, 0.1) is 5.82 Å². The number of hydrogen-bond donors (Lipinski definition) is 1. The van der Waals surface area contributed by atoms with Crippen molar-refractivity contribution in [1.82, 2.24) is 14.8 Å². The number of aromatic amines is 1. The van der Waals surface area contributed by atoms with Gasteiger partial charge in [0, 0.05) is 43.3 Å². The van der Waals surface area contributed by atoms with E-state index in [1.807, 2.05) is 12.3 Å². The molecule has 0 bridgehead atoms. The van der Waals surface area contributed by atoms with Crippen LogP contribution in [0.3, 0.4) is 0 Å². The third-order valence-electron chi connectivity index (χ3n) is 6.24. The van der Waals surface area contributed by atoms with Gasteiger partial charge in [0.1, 0.15) is 12.1 Å². The van der Waals surface area contributed by atoms with Gasteiger partial charge in [-0.15, -0.1) is 0 Å². The molecule has 3 heterocycles. The number of halogens is 1. The van der Waals surface area contributed by atoms with E-state index in [-0.39, 0.29) is 5.82 Å². The summed E-state index contributed by atoms with van der Waals surface area (Å²) in [5.41, 5.74) is 3.12. The van der Waals surface area contributed by atoms with Gasteiger partial charge in [-0.05, 0) is 55.5 Å². The van der Waals surface area contributed by atoms with Gasteiger partial charge < -0.3 is 19.4 Å². The Labute approximate surface area is 182 Å². The summed E-state index contributed by atoms with van der Waals surface area (Å²) >= 11 is 0. The first-order chi connectivity index (χ1) is 15.3. The van der Waals surface area contributed by atoms with Gasteiger partial charge in [-0.2, -0.15) is 0 Å². The molecule has 5 nitrogen and oxygen atoms in total. The van der Waals surface area contributed by atoms with Gasteiger partial charge in [-0.25, -0.2) is 4.39 Å². The maximum atomic E-state index is 14.1. The van der Waals surface area contributed by atoms with Crippen LogP contribution in [0.25, 0.3) is 10.9 Å². The lowest BCUT2D eigenvalue weighted by Crippen LogP contribution is -2.46. The first kappa shape index (κ1) is 19.9. The summed E-state index contributed by atoms with van der Waals surface area (Å²) < 4.78 is 25.9. The van der Waals surface area contributed by atoms with E-state index in [2.05, 4.69) is 33.0 Å². The molecular formula is C25H28FN3O2. The molecule has 0 radical (unpaired) electrons. The van der Waals surface area contributed by atoms with Gasteiger partial charge in [0.25, 0.3) is 0 Å². The number of aromatic nitrogens is 1. The van der Waals surface area contributed by atoms with E-state index < -0.39 is 0 Å². The Morgan fingerprint density at radius 3 is 2.74 bits per heavy atom. The zero-order chi connectivity index (χ0) is 21.0. The number of piperazine rings is 1. The largest absolute Gasteiger partial charge is 0.456 e. The van der Waals surface area contributed by atoms with Crippen molar-refractivity contribution in [3.8, 4) is 0 Å². The Bertz CT molecular complexity index is 1060. The molecule has 0 unspecified atom stereocenters. The van der Waals surface area contributed by atoms with E-state index in [4.69, 9.17) is 9.47 Å². The molecule has 2 aromatic rings. The second-order valence-electron chi connectivity index (χ2n) is 8.24. The van der Waals surface area contributed by atoms with Crippen molar-refractivity contribution in [1.29, 1.82) is 0 Å². The predicted octanol–water partition coefficient (Wildman–Crippen LogP) is 4.82. The van der Waals surface area contributed by atoms with Crippen molar-refractivity contribution in [3.05, 3.63) is 83.7 Å². The monoisotopic (exact) mass is 421 g/mol. The average Bonchev–Trinajstić information content (AvgIpc) is 3.25. The fraction of sp³-hybridized carbons (Fsp3) is 0.360. The fourth-order valence-corrected chi connectivity index (χ4v) is 4.48. The van der Waals surface area contributed by atoms with Crippen LogP contribution in [0.1, 0.15) is 24.8 Å². The molecule has 0 saturated carbocycles. The minimum atomic E-state index is -0.140. The summed E-state index contributed by atoms with van der Waals surface area (Å²) in [7, 11) is 0. The summed E-state index contributed by atoms with van der Waals surface area (Å²) in [5.74, 6) is 1.45. The summed E-state index contributed by atoms with van der Waals surface area (Å²) in [4.78, 5) is 7.87. The summed E-state index contributed by atoms with van der Waals surface area (Å²) in [5, 5.41) is 0.737. The zero-order valence-corrected chi connectivity index (χ0v) is 17.6. The van der Waals surface area contributed by atoms with E-state index in [1.165, 1.54) is 11.6 Å². The van der Waals surface area contributed by atoms with Crippen molar-refractivity contribution in [2.75, 3.05) is 32.7 Å². The number of aryl methyl sites for hydroxylation is 1. The molecule has 0 amide bonds.